The van der Waals surface area contributed by atoms with Crippen molar-refractivity contribution in [1.29, 1.82) is 0 Å². The third-order valence-electron chi connectivity index (χ3n) is 14.6. The molecular weight excluding hydrogens is 973 g/mol. The van der Waals surface area contributed by atoms with E-state index in [0.29, 0.717) is 63.7 Å². The molecule has 3 saturated carbocycles. The highest BCUT2D eigenvalue weighted by molar-refractivity contribution is 5.84. The monoisotopic (exact) mass is 1030 g/mol. The van der Waals surface area contributed by atoms with Gasteiger partial charge in [0.25, 0.3) is 0 Å². The van der Waals surface area contributed by atoms with E-state index in [1.165, 1.54) is 44.5 Å². The quantitative estimate of drug-likeness (QED) is 0.0771. The van der Waals surface area contributed by atoms with Gasteiger partial charge in [-0.1, -0.05) is 18.2 Å². The number of allylic oxidation sites excluding steroid dienone is 1. The van der Waals surface area contributed by atoms with Crippen LogP contribution in [0.25, 0.3) is 44.7 Å². The maximum absolute atomic E-state index is 10.1. The molecule has 13 rings (SSSR count). The van der Waals surface area contributed by atoms with Gasteiger partial charge in [0, 0.05) is 43.7 Å². The van der Waals surface area contributed by atoms with Gasteiger partial charge in [-0.3, -0.25) is 0 Å². The van der Waals surface area contributed by atoms with Crippen molar-refractivity contribution in [3.05, 3.63) is 74.4 Å². The number of nitrogen functional groups attached to an aromatic ring is 3. The first kappa shape index (κ1) is 51.1. The van der Waals surface area contributed by atoms with E-state index in [1.807, 2.05) is 6.33 Å². The molecule has 8 aromatic rings. The summed E-state index contributed by atoms with van der Waals surface area (Å²) < 4.78 is 7.41. The van der Waals surface area contributed by atoms with Gasteiger partial charge in [0.1, 0.15) is 65.7 Å². The van der Waals surface area contributed by atoms with Gasteiger partial charge < -0.3 is 81.6 Å². The maximum Gasteiger partial charge on any atom is 0.166 e. The van der Waals surface area contributed by atoms with Gasteiger partial charge in [0.15, 0.2) is 45.9 Å². The topological polar surface area (TPSA) is 426 Å². The van der Waals surface area contributed by atoms with Crippen LogP contribution in [0.2, 0.25) is 0 Å². The summed E-state index contributed by atoms with van der Waals surface area (Å²) in [7, 11) is 0. The molecule has 0 amide bonds. The van der Waals surface area contributed by atoms with Gasteiger partial charge in [-0.15, -0.1) is 0 Å². The molecule has 0 unspecified atom stereocenters. The van der Waals surface area contributed by atoms with Gasteiger partial charge in [0.05, 0.1) is 56.1 Å². The van der Waals surface area contributed by atoms with E-state index < -0.39 is 30.5 Å². The van der Waals surface area contributed by atoms with Gasteiger partial charge in [-0.25, -0.2) is 59.8 Å². The number of imidazole rings is 4. The van der Waals surface area contributed by atoms with Crippen molar-refractivity contribution < 1.29 is 40.9 Å². The molecule has 28 nitrogen and oxygen atoms in total. The van der Waals surface area contributed by atoms with Crippen molar-refractivity contribution >= 4 is 67.9 Å². The number of aliphatic hydroxyl groups excluding tert-OH is 8. The number of nitrogens with two attached hydrogens (primary N) is 3. The summed E-state index contributed by atoms with van der Waals surface area (Å²) in [6.45, 7) is -0.0136. The lowest BCUT2D eigenvalue weighted by atomic mass is 10.1. The number of nitrogens with one attached hydrogen (secondary N) is 1. The Morgan fingerprint density at radius 3 is 1.63 bits per heavy atom. The Balaban J connectivity index is 0.000000114. The van der Waals surface area contributed by atoms with Crippen molar-refractivity contribution in [2.75, 3.05) is 48.9 Å². The molecule has 8 heterocycles. The smallest absolute Gasteiger partial charge is 0.166 e. The molecule has 5 aliphatic carbocycles. The third kappa shape index (κ3) is 10.1. The molecule has 8 aromatic heterocycles. The van der Waals surface area contributed by atoms with Crippen molar-refractivity contribution in [2.45, 2.75) is 99.6 Å². The molecule has 0 aliphatic heterocycles. The SMILES string of the molecule is Nc1ncnc2c1ncn2[C@@H]1C=C(CO)[C@@H](O)[C@H]1O.Nc1ncnc2c1ncn2[C@@H]1C[C@H](CO)[C@@H](O)[C@H]1O.Nc1ncnc2c1ncn2[C@H]1CC[C@@H](CO)C1.OC[C@@H]1C=C[C@H](n2cnc3c(NC4CC4)ncnc32)C1. The Morgan fingerprint density at radius 1 is 0.520 bits per heavy atom. The van der Waals surface area contributed by atoms with E-state index >= 15 is 0 Å². The lowest BCUT2D eigenvalue weighted by molar-refractivity contribution is -0.00370. The van der Waals surface area contributed by atoms with Crippen molar-refractivity contribution in [3.63, 3.8) is 0 Å². The minimum absolute atomic E-state index is 0.168. The Bertz CT molecular complexity index is 3320. The van der Waals surface area contributed by atoms with Gasteiger partial charge in [-0.2, -0.15) is 0 Å². The second kappa shape index (κ2) is 21.8. The number of fused-ring (bicyclic) bond motifs is 4. The van der Waals surface area contributed by atoms with E-state index in [4.69, 9.17) is 27.4 Å². The van der Waals surface area contributed by atoms with Crippen LogP contribution < -0.4 is 22.5 Å². The molecule has 75 heavy (non-hydrogen) atoms. The largest absolute Gasteiger partial charge is 0.396 e. The summed E-state index contributed by atoms with van der Waals surface area (Å²) in [5.41, 5.74) is 22.6. The number of aliphatic hydroxyl groups is 8. The summed E-state index contributed by atoms with van der Waals surface area (Å²) in [4.78, 5) is 49.7. The van der Waals surface area contributed by atoms with Crippen LogP contribution in [-0.4, -0.2) is 176 Å². The number of nitrogens with zero attached hydrogens (tertiary/aromatic N) is 16. The van der Waals surface area contributed by atoms with E-state index in [-0.39, 0.29) is 62.0 Å². The molecule has 28 heteroatoms. The van der Waals surface area contributed by atoms with Crippen molar-refractivity contribution in [1.82, 2.24) is 78.1 Å². The lowest BCUT2D eigenvalue weighted by Crippen LogP contribution is -2.30. The van der Waals surface area contributed by atoms with Gasteiger partial charge in [-0.05, 0) is 56.4 Å². The molecule has 11 atom stereocenters. The highest BCUT2D eigenvalue weighted by atomic mass is 16.3. The number of hydrogen-bond donors (Lipinski definition) is 12. The maximum atomic E-state index is 10.1. The standard InChI is InChI=1S/C14H17N5O.C11H15N5O3.C11H13N5O3.C11H15N5O/c20-6-9-1-4-11(5-9)19-8-17-12-13(18-10-2-3-10)15-7-16-14(12)19;2*12-10-7-11(14-3-13-10)16(4-15-7)6-1-5(2-17)8(18)9(6)19;12-10-9-11(14-5-13-10)16(6-15-9)8-2-1-7(3-8)4-17/h1,4,7-11,20H,2-3,5-6H2,(H,15,16,18);3-6,8-9,17-19H,1-2H2,(H2,12,13,14);1,3-4,6,8-9,17-19H,2H2,(H2,12,13,14);5-8,17H,1-4H2,(H2,12,13,14)/t9-,11+;5-,6-,8-,9+;6-,8-,9+;7-,8+/m1111/s1. The second-order valence-electron chi connectivity index (χ2n) is 19.4. The molecule has 3 fully saturated rings. The van der Waals surface area contributed by atoms with Crippen LogP contribution in [0.15, 0.2) is 74.4 Å². The first-order valence-corrected chi connectivity index (χ1v) is 24.7. The summed E-state index contributed by atoms with van der Waals surface area (Å²) >= 11 is 0. The number of aromatic nitrogens is 16. The third-order valence-corrected chi connectivity index (χ3v) is 14.6. The average molecular weight is 1030 g/mol. The predicted molar refractivity (Wildman–Crippen MR) is 270 cm³/mol. The number of hydrogen-bond acceptors (Lipinski definition) is 24. The number of rotatable bonds is 10. The summed E-state index contributed by atoms with van der Waals surface area (Å²) in [6.07, 6.45) is 20.9. The van der Waals surface area contributed by atoms with Crippen LogP contribution in [0.1, 0.15) is 69.1 Å². The zero-order valence-corrected chi connectivity index (χ0v) is 40.5. The molecule has 5 aliphatic rings. The highest BCUT2D eigenvalue weighted by Crippen LogP contribution is 2.38. The Hall–Kier alpha value is -7.44. The minimum atomic E-state index is -1.09. The van der Waals surface area contributed by atoms with E-state index in [1.54, 1.807) is 27.9 Å². The molecule has 0 aromatic carbocycles. The molecule has 0 radical (unpaired) electrons. The van der Waals surface area contributed by atoms with Crippen molar-refractivity contribution in [3.8, 4) is 0 Å². The zero-order valence-electron chi connectivity index (χ0n) is 40.5. The van der Waals surface area contributed by atoms with Crippen LogP contribution in [0.5, 0.6) is 0 Å². The zero-order chi connectivity index (χ0) is 52.5. The van der Waals surface area contributed by atoms with Gasteiger partial charge >= 0.3 is 0 Å². The van der Waals surface area contributed by atoms with Crippen LogP contribution in [-0.2, 0) is 0 Å². The fraction of sp³-hybridized carbons (Fsp3) is 0.489. The molecule has 396 valence electrons. The lowest BCUT2D eigenvalue weighted by Gasteiger charge is -2.18. The van der Waals surface area contributed by atoms with E-state index in [0.717, 1.165) is 48.3 Å². The van der Waals surface area contributed by atoms with E-state index in [2.05, 4.69) is 86.4 Å². The first-order valence-electron chi connectivity index (χ1n) is 24.7. The fourth-order valence-corrected chi connectivity index (χ4v) is 10.3. The minimum Gasteiger partial charge on any atom is -0.396 e. The van der Waals surface area contributed by atoms with Crippen molar-refractivity contribution in [2.24, 2.45) is 17.8 Å². The molecule has 15 N–H and O–H groups in total. The highest BCUT2D eigenvalue weighted by Gasteiger charge is 2.43. The number of anilines is 4. The molecule has 0 saturated heterocycles. The van der Waals surface area contributed by atoms with Gasteiger partial charge in [0.2, 0.25) is 0 Å². The van der Waals surface area contributed by atoms with Crippen LogP contribution in [0, 0.1) is 17.8 Å². The Morgan fingerprint density at radius 2 is 1.08 bits per heavy atom. The van der Waals surface area contributed by atoms with Crippen LogP contribution in [0.3, 0.4) is 0 Å². The first-order chi connectivity index (χ1) is 36.4. The van der Waals surface area contributed by atoms with Crippen LogP contribution in [0.4, 0.5) is 23.3 Å². The molecule has 0 bridgehead atoms. The van der Waals surface area contributed by atoms with Crippen LogP contribution >= 0.6 is 0 Å². The molecular formula is C47H60N20O8. The van der Waals surface area contributed by atoms with E-state index in [9.17, 15) is 30.6 Å². The fourth-order valence-electron chi connectivity index (χ4n) is 10.3. The summed E-state index contributed by atoms with van der Waals surface area (Å²) in [6, 6.07) is 0.207. The summed E-state index contributed by atoms with van der Waals surface area (Å²) in [5, 5.41) is 79.8. The second-order valence-corrected chi connectivity index (χ2v) is 19.4. The Kier molecular flexibility index (Phi) is 14.8. The predicted octanol–water partition coefficient (Wildman–Crippen LogP) is -0.461. The Labute approximate surface area is 426 Å². The normalized spacial score (nSPS) is 27.0. The molecule has 0 spiro atoms. The summed E-state index contributed by atoms with van der Waals surface area (Å²) in [5.74, 6) is 2.07. The average Bonchev–Trinajstić information content (AvgIpc) is 4.23.